The van der Waals surface area contributed by atoms with Gasteiger partial charge in [-0.25, -0.2) is 4.79 Å². The van der Waals surface area contributed by atoms with E-state index in [0.29, 0.717) is 0 Å². The second kappa shape index (κ2) is 15.8. The van der Waals surface area contributed by atoms with Crippen LogP contribution in [0.25, 0.3) is 0 Å². The molecule has 0 fully saturated rings. The molecule has 0 heterocycles. The zero-order valence-corrected chi connectivity index (χ0v) is 16.0. The minimum absolute atomic E-state index is 0.0771. The Morgan fingerprint density at radius 2 is 1.58 bits per heavy atom. The Balaban J connectivity index is 0. The lowest BCUT2D eigenvalue weighted by Gasteiger charge is -2.18. The maximum absolute atomic E-state index is 11.5. The normalized spacial score (nSPS) is 10.5. The highest BCUT2D eigenvalue weighted by atomic mass is 16.5. The molecule has 138 valence electrons. The Morgan fingerprint density at radius 1 is 1.08 bits per heavy atom. The molecule has 0 spiro atoms. The third-order valence-electron chi connectivity index (χ3n) is 2.96. The predicted molar refractivity (Wildman–Crippen MR) is 99.5 cm³/mol. The number of nitrogens with one attached hydrogen (secondary N) is 1. The fourth-order valence-corrected chi connectivity index (χ4v) is 1.46. The molecule has 2 amide bonds. The highest BCUT2D eigenvalue weighted by Gasteiger charge is 2.22. The first-order valence-corrected chi connectivity index (χ1v) is 8.68. The van der Waals surface area contributed by atoms with Gasteiger partial charge in [0.25, 0.3) is 0 Å². The van der Waals surface area contributed by atoms with Crippen LogP contribution < -0.4 is 11.1 Å². The van der Waals surface area contributed by atoms with Crippen molar-refractivity contribution in [3.05, 3.63) is 35.9 Å². The summed E-state index contributed by atoms with van der Waals surface area (Å²) >= 11 is 0. The molecule has 24 heavy (non-hydrogen) atoms. The van der Waals surface area contributed by atoms with Crippen LogP contribution in [0.4, 0.5) is 4.79 Å². The molecule has 1 aromatic carbocycles. The number of ether oxygens (including phenoxy) is 1. The number of unbranched alkanes of at least 4 members (excludes halogenated alkanes) is 1. The Hall–Kier alpha value is -2.04. The van der Waals surface area contributed by atoms with Crippen molar-refractivity contribution in [3.8, 4) is 0 Å². The molecule has 0 aliphatic heterocycles. The fourth-order valence-electron chi connectivity index (χ4n) is 1.46. The van der Waals surface area contributed by atoms with Gasteiger partial charge in [-0.2, -0.15) is 0 Å². The lowest BCUT2D eigenvalue weighted by molar-refractivity contribution is -0.120. The molecule has 0 radical (unpaired) electrons. The Morgan fingerprint density at radius 3 is 1.96 bits per heavy atom. The van der Waals surface area contributed by atoms with Crippen molar-refractivity contribution < 1.29 is 14.3 Å². The molecule has 1 unspecified atom stereocenters. The molecular weight excluding hydrogens is 304 g/mol. The van der Waals surface area contributed by atoms with Crippen LogP contribution in [-0.4, -0.2) is 18.0 Å². The molecule has 1 rings (SSSR count). The third kappa shape index (κ3) is 12.5. The van der Waals surface area contributed by atoms with E-state index in [-0.39, 0.29) is 12.5 Å². The van der Waals surface area contributed by atoms with E-state index < -0.39 is 18.0 Å². The second-order valence-electron chi connectivity index (χ2n) is 5.33. The third-order valence-corrected chi connectivity index (χ3v) is 2.96. The number of hydrogen-bond donors (Lipinski definition) is 2. The van der Waals surface area contributed by atoms with Crippen molar-refractivity contribution in [2.75, 3.05) is 0 Å². The molecule has 3 N–H and O–H groups in total. The topological polar surface area (TPSA) is 81.4 Å². The number of alkyl carbamates (subject to hydrolysis) is 1. The van der Waals surface area contributed by atoms with Gasteiger partial charge in [0.1, 0.15) is 12.6 Å². The van der Waals surface area contributed by atoms with Crippen molar-refractivity contribution in [3.63, 3.8) is 0 Å². The van der Waals surface area contributed by atoms with Gasteiger partial charge in [0.2, 0.25) is 5.91 Å². The minimum atomic E-state index is -0.715. The number of nitrogens with two attached hydrogens (primary N) is 1. The lowest BCUT2D eigenvalue weighted by atomic mass is 10.0. The molecule has 0 aliphatic carbocycles. The van der Waals surface area contributed by atoms with Crippen LogP contribution in [0.3, 0.4) is 0 Å². The molecular formula is C19H34N2O3. The number of rotatable bonds is 6. The Bertz CT molecular complexity index is 431. The van der Waals surface area contributed by atoms with Gasteiger partial charge in [0.15, 0.2) is 0 Å². The summed E-state index contributed by atoms with van der Waals surface area (Å²) in [6.45, 7) is 12.1. The first-order chi connectivity index (χ1) is 11.4. The van der Waals surface area contributed by atoms with Gasteiger partial charge in [-0.1, -0.05) is 84.7 Å². The van der Waals surface area contributed by atoms with Crippen LogP contribution in [-0.2, 0) is 16.1 Å². The minimum Gasteiger partial charge on any atom is -0.445 e. The summed E-state index contributed by atoms with van der Waals surface area (Å²) in [7, 11) is 0. The quantitative estimate of drug-likeness (QED) is 0.813. The van der Waals surface area contributed by atoms with E-state index in [1.807, 2.05) is 44.2 Å². The van der Waals surface area contributed by atoms with Crippen LogP contribution in [0.15, 0.2) is 30.3 Å². The summed E-state index contributed by atoms with van der Waals surface area (Å²) in [6, 6.07) is 8.58. The van der Waals surface area contributed by atoms with Gasteiger partial charge in [-0.15, -0.1) is 0 Å². The summed E-state index contributed by atoms with van der Waals surface area (Å²) in [5, 5.41) is 2.45. The van der Waals surface area contributed by atoms with Gasteiger partial charge in [0, 0.05) is 0 Å². The van der Waals surface area contributed by atoms with Crippen molar-refractivity contribution >= 4 is 12.0 Å². The van der Waals surface area contributed by atoms with E-state index in [4.69, 9.17) is 10.5 Å². The van der Waals surface area contributed by atoms with Gasteiger partial charge >= 0.3 is 6.09 Å². The summed E-state index contributed by atoms with van der Waals surface area (Å²) in [6.07, 6.45) is 2.00. The fraction of sp³-hybridized carbons (Fsp3) is 0.579. The van der Waals surface area contributed by atoms with Crippen LogP contribution >= 0.6 is 0 Å². The molecule has 0 bridgehead atoms. The first kappa shape index (κ1) is 24.2. The maximum atomic E-state index is 11.5. The maximum Gasteiger partial charge on any atom is 0.408 e. The smallest absolute Gasteiger partial charge is 0.408 e. The molecule has 0 aliphatic rings. The summed E-state index contributed by atoms with van der Waals surface area (Å²) in [5.74, 6) is -0.645. The average molecular weight is 338 g/mol. The SMILES string of the molecule is CC.CC(C)C(NC(=O)OCc1ccccc1)C(N)=O.CCCC. The predicted octanol–water partition coefficient (Wildman–Crippen LogP) is 4.26. The molecule has 0 saturated heterocycles. The lowest BCUT2D eigenvalue weighted by Crippen LogP contribution is -2.47. The first-order valence-electron chi connectivity index (χ1n) is 8.68. The highest BCUT2D eigenvalue weighted by Crippen LogP contribution is 2.03. The van der Waals surface area contributed by atoms with E-state index >= 15 is 0 Å². The monoisotopic (exact) mass is 338 g/mol. The number of benzene rings is 1. The molecule has 1 atom stereocenters. The second-order valence-corrected chi connectivity index (χ2v) is 5.33. The van der Waals surface area contributed by atoms with Crippen LogP contribution in [0.2, 0.25) is 0 Å². The molecule has 0 saturated carbocycles. The number of carbonyl (C=O) groups excluding carboxylic acids is 2. The number of hydrogen-bond acceptors (Lipinski definition) is 3. The van der Waals surface area contributed by atoms with Gasteiger partial charge in [-0.3, -0.25) is 4.79 Å². The van der Waals surface area contributed by atoms with E-state index in [9.17, 15) is 9.59 Å². The highest BCUT2D eigenvalue weighted by molar-refractivity contribution is 5.84. The van der Waals surface area contributed by atoms with Crippen molar-refractivity contribution in [2.45, 2.75) is 67.0 Å². The molecule has 0 aromatic heterocycles. The van der Waals surface area contributed by atoms with Gasteiger partial charge < -0.3 is 15.8 Å². The Kier molecular flexibility index (Phi) is 16.0. The van der Waals surface area contributed by atoms with E-state index in [2.05, 4.69) is 19.2 Å². The zero-order chi connectivity index (χ0) is 19.0. The van der Waals surface area contributed by atoms with Crippen LogP contribution in [0.5, 0.6) is 0 Å². The number of primary amides is 1. The van der Waals surface area contributed by atoms with E-state index in [1.54, 1.807) is 13.8 Å². The van der Waals surface area contributed by atoms with Gasteiger partial charge in [-0.05, 0) is 11.5 Å². The van der Waals surface area contributed by atoms with Crippen molar-refractivity contribution in [1.82, 2.24) is 5.32 Å². The van der Waals surface area contributed by atoms with Crippen molar-refractivity contribution in [2.24, 2.45) is 11.7 Å². The average Bonchev–Trinajstić information content (AvgIpc) is 2.60. The number of amides is 2. The largest absolute Gasteiger partial charge is 0.445 e. The van der Waals surface area contributed by atoms with E-state index in [0.717, 1.165) is 5.56 Å². The summed E-state index contributed by atoms with van der Waals surface area (Å²) < 4.78 is 5.00. The van der Waals surface area contributed by atoms with Crippen molar-refractivity contribution in [1.29, 1.82) is 0 Å². The standard InChI is InChI=1S/C13H18N2O3.C4H10.C2H6/c1-9(2)11(12(14)16)15-13(17)18-8-10-6-4-3-5-7-10;1-3-4-2;1-2/h3-7,9,11H,8H2,1-2H3,(H2,14,16)(H,15,17);3-4H2,1-2H3;1-2H3. The zero-order valence-electron chi connectivity index (χ0n) is 16.0. The molecule has 1 aromatic rings. The van der Waals surface area contributed by atoms with E-state index in [1.165, 1.54) is 12.8 Å². The van der Waals surface area contributed by atoms with Crippen LogP contribution in [0.1, 0.15) is 59.9 Å². The van der Waals surface area contributed by atoms with Gasteiger partial charge in [0.05, 0.1) is 0 Å². The number of carbonyl (C=O) groups is 2. The summed E-state index contributed by atoms with van der Waals surface area (Å²) in [5.41, 5.74) is 6.07. The Labute approximate surface area is 147 Å². The van der Waals surface area contributed by atoms with Crippen LogP contribution in [0, 0.1) is 5.92 Å². The molecule has 5 nitrogen and oxygen atoms in total. The summed E-state index contributed by atoms with van der Waals surface area (Å²) in [4.78, 5) is 22.6. The molecule has 5 heteroatoms.